The van der Waals surface area contributed by atoms with E-state index in [1.807, 2.05) is 30.3 Å². The van der Waals surface area contributed by atoms with Gasteiger partial charge in [0.15, 0.2) is 0 Å². The van der Waals surface area contributed by atoms with Crippen molar-refractivity contribution in [2.75, 3.05) is 11.6 Å². The lowest BCUT2D eigenvalue weighted by atomic mass is 10.0. The van der Waals surface area contributed by atoms with E-state index in [9.17, 15) is 14.4 Å². The van der Waals surface area contributed by atoms with Gasteiger partial charge in [-0.15, -0.1) is 11.8 Å². The highest BCUT2D eigenvalue weighted by atomic mass is 32.2. The summed E-state index contributed by atoms with van der Waals surface area (Å²) in [4.78, 5) is 36.5. The zero-order chi connectivity index (χ0) is 16.8. The first-order valence-electron chi connectivity index (χ1n) is 7.41. The van der Waals surface area contributed by atoms with Crippen LogP contribution in [0.15, 0.2) is 30.3 Å². The van der Waals surface area contributed by atoms with Crippen molar-refractivity contribution in [3.63, 3.8) is 0 Å². The first-order valence-corrected chi connectivity index (χ1v) is 8.56. The minimum atomic E-state index is -0.901. The number of nitrogens with one attached hydrogen (secondary N) is 1. The van der Waals surface area contributed by atoms with Crippen LogP contribution in [0.5, 0.6) is 0 Å². The number of hydrogen-bond acceptors (Lipinski definition) is 4. The van der Waals surface area contributed by atoms with Gasteiger partial charge in [0, 0.05) is 19.1 Å². The predicted octanol–water partition coefficient (Wildman–Crippen LogP) is 1.63. The smallest absolute Gasteiger partial charge is 0.303 e. The Bertz CT molecular complexity index is 579. The lowest BCUT2D eigenvalue weighted by Gasteiger charge is -2.25. The fourth-order valence-electron chi connectivity index (χ4n) is 2.51. The van der Waals surface area contributed by atoms with E-state index in [2.05, 4.69) is 5.32 Å². The predicted molar refractivity (Wildman–Crippen MR) is 87.8 cm³/mol. The summed E-state index contributed by atoms with van der Waals surface area (Å²) in [6.07, 6.45) is 0.278. The Kier molecular flexibility index (Phi) is 6.04. The van der Waals surface area contributed by atoms with Gasteiger partial charge in [-0.1, -0.05) is 30.3 Å². The van der Waals surface area contributed by atoms with Crippen LogP contribution in [0.2, 0.25) is 0 Å². The molecule has 1 heterocycles. The van der Waals surface area contributed by atoms with E-state index in [0.717, 1.165) is 5.56 Å². The summed E-state index contributed by atoms with van der Waals surface area (Å²) in [5, 5.41) is 11.8. The topological polar surface area (TPSA) is 86.7 Å². The third kappa shape index (κ3) is 4.72. The first-order chi connectivity index (χ1) is 11.0. The molecule has 0 aliphatic carbocycles. The highest BCUT2D eigenvalue weighted by Gasteiger charge is 2.34. The van der Waals surface area contributed by atoms with Crippen LogP contribution in [0.3, 0.4) is 0 Å². The number of nitrogens with zero attached hydrogens (tertiary/aromatic N) is 1. The van der Waals surface area contributed by atoms with Gasteiger partial charge in [0.1, 0.15) is 6.04 Å². The number of amides is 2. The van der Waals surface area contributed by atoms with Gasteiger partial charge in [-0.3, -0.25) is 14.4 Å². The summed E-state index contributed by atoms with van der Waals surface area (Å²) in [7, 11) is 0. The molecule has 0 bridgehead atoms. The summed E-state index contributed by atoms with van der Waals surface area (Å²) in [6.45, 7) is 1.45. The standard InChI is InChI=1S/C16H20N2O4S/c1-11(19)18-10-23-9-14(18)16(22)17-13(7-8-15(20)21)12-5-3-2-4-6-12/h2-6,13-14H,7-10H2,1H3,(H,17,22)(H,20,21)/t13-,14-/m0/s1. The average molecular weight is 336 g/mol. The molecule has 1 aromatic carbocycles. The van der Waals surface area contributed by atoms with Gasteiger partial charge >= 0.3 is 5.97 Å². The quantitative estimate of drug-likeness (QED) is 0.824. The van der Waals surface area contributed by atoms with E-state index in [4.69, 9.17) is 5.11 Å². The van der Waals surface area contributed by atoms with Gasteiger partial charge in [-0.2, -0.15) is 0 Å². The van der Waals surface area contributed by atoms with Gasteiger partial charge in [0.25, 0.3) is 0 Å². The maximum absolute atomic E-state index is 12.5. The molecule has 0 aromatic heterocycles. The van der Waals surface area contributed by atoms with Gasteiger partial charge < -0.3 is 15.3 Å². The van der Waals surface area contributed by atoms with Gasteiger partial charge in [0.2, 0.25) is 11.8 Å². The monoisotopic (exact) mass is 336 g/mol. The van der Waals surface area contributed by atoms with Crippen molar-refractivity contribution in [2.24, 2.45) is 0 Å². The van der Waals surface area contributed by atoms with Crippen molar-refractivity contribution < 1.29 is 19.5 Å². The van der Waals surface area contributed by atoms with Crippen LogP contribution in [-0.2, 0) is 14.4 Å². The molecule has 124 valence electrons. The van der Waals surface area contributed by atoms with E-state index in [1.165, 1.54) is 18.7 Å². The normalized spacial score (nSPS) is 18.5. The Morgan fingerprint density at radius 3 is 2.65 bits per heavy atom. The Hall–Kier alpha value is -2.02. The van der Waals surface area contributed by atoms with Crippen LogP contribution in [0.25, 0.3) is 0 Å². The SMILES string of the molecule is CC(=O)N1CSC[C@H]1C(=O)N[C@@H](CCC(=O)O)c1ccccc1. The summed E-state index contributed by atoms with van der Waals surface area (Å²) < 4.78 is 0. The molecule has 1 fully saturated rings. The van der Waals surface area contributed by atoms with Crippen LogP contribution in [0.4, 0.5) is 0 Å². The number of thioether (sulfide) groups is 1. The van der Waals surface area contributed by atoms with Crippen LogP contribution >= 0.6 is 11.8 Å². The third-order valence-electron chi connectivity index (χ3n) is 3.75. The van der Waals surface area contributed by atoms with E-state index < -0.39 is 12.0 Å². The van der Waals surface area contributed by atoms with Crippen LogP contribution in [0.1, 0.15) is 31.4 Å². The molecule has 0 radical (unpaired) electrons. The molecule has 0 saturated carbocycles. The van der Waals surface area contributed by atoms with Gasteiger partial charge in [-0.25, -0.2) is 0 Å². The summed E-state index contributed by atoms with van der Waals surface area (Å²) in [5.41, 5.74) is 0.863. The van der Waals surface area contributed by atoms with Crippen LogP contribution in [-0.4, -0.2) is 45.5 Å². The molecule has 1 aliphatic heterocycles. The van der Waals surface area contributed by atoms with Crippen LogP contribution < -0.4 is 5.32 Å². The number of rotatable bonds is 6. The molecule has 2 rings (SSSR count). The van der Waals surface area contributed by atoms with E-state index in [1.54, 1.807) is 4.90 Å². The first kappa shape index (κ1) is 17.3. The number of aliphatic carboxylic acids is 1. The second-order valence-electron chi connectivity index (χ2n) is 5.41. The fraction of sp³-hybridized carbons (Fsp3) is 0.438. The number of carboxylic acids is 1. The Labute approximate surface area is 139 Å². The Morgan fingerprint density at radius 2 is 2.04 bits per heavy atom. The Morgan fingerprint density at radius 1 is 1.35 bits per heavy atom. The molecule has 2 N–H and O–H groups in total. The number of carbonyl (C=O) groups excluding carboxylic acids is 2. The molecule has 23 heavy (non-hydrogen) atoms. The highest BCUT2D eigenvalue weighted by Crippen LogP contribution is 2.23. The molecule has 2 atom stereocenters. The number of carboxylic acid groups (broad SMARTS) is 1. The average Bonchev–Trinajstić information content (AvgIpc) is 3.02. The minimum Gasteiger partial charge on any atom is -0.481 e. The summed E-state index contributed by atoms with van der Waals surface area (Å²) in [5.74, 6) is -0.187. The maximum atomic E-state index is 12.5. The number of hydrogen-bond donors (Lipinski definition) is 2. The molecule has 1 aromatic rings. The van der Waals surface area contributed by atoms with E-state index >= 15 is 0 Å². The minimum absolute atomic E-state index is 0.0321. The van der Waals surface area contributed by atoms with Crippen molar-refractivity contribution in [3.8, 4) is 0 Å². The fourth-order valence-corrected chi connectivity index (χ4v) is 3.73. The highest BCUT2D eigenvalue weighted by molar-refractivity contribution is 7.99. The lowest BCUT2D eigenvalue weighted by molar-refractivity contribution is -0.138. The van der Waals surface area contributed by atoms with Gasteiger partial charge in [0.05, 0.1) is 11.9 Å². The maximum Gasteiger partial charge on any atom is 0.303 e. The molecule has 7 heteroatoms. The molecule has 0 spiro atoms. The van der Waals surface area contributed by atoms with Gasteiger partial charge in [-0.05, 0) is 12.0 Å². The summed E-state index contributed by atoms with van der Waals surface area (Å²) in [6, 6.07) is 8.42. The third-order valence-corrected chi connectivity index (χ3v) is 4.77. The summed E-state index contributed by atoms with van der Waals surface area (Å²) >= 11 is 1.54. The molecule has 2 amide bonds. The second kappa shape index (κ2) is 8.01. The van der Waals surface area contributed by atoms with Crippen molar-refractivity contribution >= 4 is 29.5 Å². The molecule has 1 saturated heterocycles. The van der Waals surface area contributed by atoms with E-state index in [0.29, 0.717) is 18.1 Å². The van der Waals surface area contributed by atoms with Crippen molar-refractivity contribution in [1.82, 2.24) is 10.2 Å². The molecular formula is C16H20N2O4S. The van der Waals surface area contributed by atoms with E-state index in [-0.39, 0.29) is 24.3 Å². The second-order valence-corrected chi connectivity index (χ2v) is 6.41. The molecule has 0 unspecified atom stereocenters. The zero-order valence-corrected chi connectivity index (χ0v) is 13.7. The van der Waals surface area contributed by atoms with Crippen molar-refractivity contribution in [3.05, 3.63) is 35.9 Å². The van der Waals surface area contributed by atoms with Crippen LogP contribution in [0, 0.1) is 0 Å². The molecule has 1 aliphatic rings. The number of carbonyl (C=O) groups is 3. The molecular weight excluding hydrogens is 316 g/mol. The lowest BCUT2D eigenvalue weighted by Crippen LogP contribution is -2.47. The van der Waals surface area contributed by atoms with Crippen molar-refractivity contribution in [2.45, 2.75) is 31.8 Å². The number of benzene rings is 1. The molecule has 6 nitrogen and oxygen atoms in total. The largest absolute Gasteiger partial charge is 0.481 e. The van der Waals surface area contributed by atoms with Crippen molar-refractivity contribution in [1.29, 1.82) is 0 Å². The Balaban J connectivity index is 2.09. The zero-order valence-electron chi connectivity index (χ0n) is 12.9.